The molecule has 6 rings (SSSR count). The van der Waals surface area contributed by atoms with E-state index in [1.54, 1.807) is 7.11 Å². The molecule has 7 heteroatoms. The normalized spacial score (nSPS) is 14.6. The maximum Gasteiger partial charge on any atom is 0.121 e. The number of nitrogens with zero attached hydrogens (tertiary/aromatic N) is 4. The van der Waals surface area contributed by atoms with Crippen molar-refractivity contribution < 1.29 is 4.74 Å². The molecule has 41 heavy (non-hydrogen) atoms. The number of methoxy groups -OCH3 is 1. The second-order valence-corrected chi connectivity index (χ2v) is 10.6. The highest BCUT2D eigenvalue weighted by atomic mass is 16.5. The van der Waals surface area contributed by atoms with Gasteiger partial charge in [-0.3, -0.25) is 14.9 Å². The Morgan fingerprint density at radius 3 is 2.51 bits per heavy atom. The first-order chi connectivity index (χ1) is 20.2. The Labute approximate surface area is 241 Å². The molecule has 0 aliphatic heterocycles. The number of hydrogen-bond donors (Lipinski definition) is 2. The van der Waals surface area contributed by atoms with Gasteiger partial charge in [-0.05, 0) is 78.4 Å². The maximum absolute atomic E-state index is 5.31. The molecule has 208 valence electrons. The van der Waals surface area contributed by atoms with Crippen LogP contribution in [0.2, 0.25) is 0 Å². The summed E-state index contributed by atoms with van der Waals surface area (Å²) < 4.78 is 5.31. The van der Waals surface area contributed by atoms with E-state index in [0.29, 0.717) is 6.54 Å². The van der Waals surface area contributed by atoms with Crippen molar-refractivity contribution in [2.75, 3.05) is 7.11 Å². The highest BCUT2D eigenvalue weighted by Crippen LogP contribution is 2.35. The van der Waals surface area contributed by atoms with Gasteiger partial charge in [-0.25, -0.2) is 4.98 Å². The third kappa shape index (κ3) is 6.70. The number of hydrogen-bond acceptors (Lipinski definition) is 6. The Balaban J connectivity index is 1.18. The van der Waals surface area contributed by atoms with E-state index in [2.05, 4.69) is 56.6 Å². The number of benzene rings is 2. The predicted octanol–water partition coefficient (Wildman–Crippen LogP) is 6.24. The van der Waals surface area contributed by atoms with Crippen molar-refractivity contribution in [3.8, 4) is 17.0 Å². The van der Waals surface area contributed by atoms with Crippen LogP contribution < -0.4 is 10.1 Å². The Hall–Kier alpha value is -4.33. The van der Waals surface area contributed by atoms with Gasteiger partial charge >= 0.3 is 0 Å². The van der Waals surface area contributed by atoms with Crippen LogP contribution in [0.1, 0.15) is 52.8 Å². The van der Waals surface area contributed by atoms with Crippen LogP contribution in [-0.4, -0.2) is 31.9 Å². The zero-order valence-corrected chi connectivity index (χ0v) is 23.5. The van der Waals surface area contributed by atoms with E-state index in [0.717, 1.165) is 67.4 Å². The molecule has 0 fully saturated rings. The first kappa shape index (κ1) is 26.9. The SMILES string of the molecule is COc1ccc(-c2c[nH]c(CN(Cc3ccc(CNCc4ccccn4)cc3)C3CCCc4cccnc43)n2)cc1. The summed E-state index contributed by atoms with van der Waals surface area (Å²) in [6.07, 6.45) is 9.10. The predicted molar refractivity (Wildman–Crippen MR) is 161 cm³/mol. The van der Waals surface area contributed by atoms with Gasteiger partial charge in [0.15, 0.2) is 0 Å². The number of pyridine rings is 2. The molecule has 0 saturated heterocycles. The summed E-state index contributed by atoms with van der Waals surface area (Å²) >= 11 is 0. The Kier molecular flexibility index (Phi) is 8.45. The molecule has 5 aromatic rings. The van der Waals surface area contributed by atoms with E-state index in [-0.39, 0.29) is 6.04 Å². The molecule has 1 aliphatic carbocycles. The van der Waals surface area contributed by atoms with Crippen molar-refractivity contribution in [1.29, 1.82) is 0 Å². The fourth-order valence-corrected chi connectivity index (χ4v) is 5.60. The van der Waals surface area contributed by atoms with Gasteiger partial charge in [0.1, 0.15) is 11.6 Å². The molecular weight excluding hydrogens is 508 g/mol. The summed E-state index contributed by atoms with van der Waals surface area (Å²) in [6, 6.07) is 27.5. The van der Waals surface area contributed by atoms with Gasteiger partial charge in [-0.2, -0.15) is 0 Å². The second-order valence-electron chi connectivity index (χ2n) is 10.6. The fourth-order valence-electron chi connectivity index (χ4n) is 5.60. The third-order valence-electron chi connectivity index (χ3n) is 7.75. The maximum atomic E-state index is 5.31. The van der Waals surface area contributed by atoms with E-state index in [4.69, 9.17) is 14.7 Å². The Morgan fingerprint density at radius 1 is 0.878 bits per heavy atom. The summed E-state index contributed by atoms with van der Waals surface area (Å²) in [5.74, 6) is 1.79. The molecular formula is C34H36N6O. The molecule has 2 N–H and O–H groups in total. The molecule has 0 bridgehead atoms. The average Bonchev–Trinajstić information content (AvgIpc) is 3.50. The lowest BCUT2D eigenvalue weighted by molar-refractivity contribution is 0.153. The zero-order chi connectivity index (χ0) is 27.9. The first-order valence-electron chi connectivity index (χ1n) is 14.3. The number of rotatable bonds is 11. The molecule has 1 atom stereocenters. The van der Waals surface area contributed by atoms with Crippen LogP contribution in [0.15, 0.2) is 97.5 Å². The van der Waals surface area contributed by atoms with E-state index in [1.165, 1.54) is 22.4 Å². The van der Waals surface area contributed by atoms with E-state index in [9.17, 15) is 0 Å². The molecule has 0 radical (unpaired) electrons. The highest BCUT2D eigenvalue weighted by molar-refractivity contribution is 5.59. The summed E-state index contributed by atoms with van der Waals surface area (Å²) in [5.41, 5.74) is 8.16. The largest absolute Gasteiger partial charge is 0.497 e. The number of nitrogens with one attached hydrogen (secondary N) is 2. The van der Waals surface area contributed by atoms with Crippen LogP contribution in [0.25, 0.3) is 11.3 Å². The Morgan fingerprint density at radius 2 is 1.71 bits per heavy atom. The van der Waals surface area contributed by atoms with E-state index in [1.807, 2.05) is 61.1 Å². The molecule has 0 saturated carbocycles. The zero-order valence-electron chi connectivity index (χ0n) is 23.5. The molecule has 3 aromatic heterocycles. The van der Waals surface area contributed by atoms with Crippen LogP contribution in [0.5, 0.6) is 5.75 Å². The number of aromatic amines is 1. The second kappa shape index (κ2) is 12.9. The minimum Gasteiger partial charge on any atom is -0.497 e. The molecule has 3 heterocycles. The molecule has 2 aromatic carbocycles. The summed E-state index contributed by atoms with van der Waals surface area (Å²) in [6.45, 7) is 3.10. The highest BCUT2D eigenvalue weighted by Gasteiger charge is 2.28. The number of aryl methyl sites for hydroxylation is 1. The number of ether oxygens (including phenoxy) is 1. The number of fused-ring (bicyclic) bond motifs is 1. The topological polar surface area (TPSA) is 79.0 Å². The monoisotopic (exact) mass is 544 g/mol. The fraction of sp³-hybridized carbons (Fsp3) is 0.265. The lowest BCUT2D eigenvalue weighted by atomic mass is 9.90. The van der Waals surface area contributed by atoms with Gasteiger partial charge in [0, 0.05) is 43.8 Å². The van der Waals surface area contributed by atoms with Crippen LogP contribution in [0.3, 0.4) is 0 Å². The van der Waals surface area contributed by atoms with Crippen molar-refractivity contribution in [3.05, 3.63) is 131 Å². The van der Waals surface area contributed by atoms with Gasteiger partial charge in [0.2, 0.25) is 0 Å². The van der Waals surface area contributed by atoms with Crippen LogP contribution in [0.4, 0.5) is 0 Å². The Bertz CT molecular complexity index is 1530. The third-order valence-corrected chi connectivity index (χ3v) is 7.75. The van der Waals surface area contributed by atoms with E-state index >= 15 is 0 Å². The molecule has 7 nitrogen and oxygen atoms in total. The summed E-state index contributed by atoms with van der Waals surface area (Å²) in [5, 5.41) is 3.50. The minimum absolute atomic E-state index is 0.245. The molecule has 1 aliphatic rings. The van der Waals surface area contributed by atoms with E-state index < -0.39 is 0 Å². The van der Waals surface area contributed by atoms with Crippen molar-refractivity contribution in [2.24, 2.45) is 0 Å². The number of aromatic nitrogens is 4. The van der Waals surface area contributed by atoms with Gasteiger partial charge in [-0.15, -0.1) is 0 Å². The minimum atomic E-state index is 0.245. The average molecular weight is 545 g/mol. The molecule has 0 spiro atoms. The van der Waals surface area contributed by atoms with Crippen molar-refractivity contribution in [1.82, 2.24) is 30.2 Å². The molecule has 0 amide bonds. The number of imidazole rings is 1. The van der Waals surface area contributed by atoms with Crippen molar-refractivity contribution in [3.63, 3.8) is 0 Å². The smallest absolute Gasteiger partial charge is 0.121 e. The van der Waals surface area contributed by atoms with Gasteiger partial charge < -0.3 is 15.0 Å². The molecule has 1 unspecified atom stereocenters. The van der Waals surface area contributed by atoms with Gasteiger partial charge in [0.05, 0.1) is 36.8 Å². The summed E-state index contributed by atoms with van der Waals surface area (Å²) in [4.78, 5) is 20.2. The van der Waals surface area contributed by atoms with Gasteiger partial charge in [-0.1, -0.05) is 36.4 Å². The van der Waals surface area contributed by atoms with Crippen molar-refractivity contribution in [2.45, 2.75) is 51.5 Å². The van der Waals surface area contributed by atoms with Crippen LogP contribution in [-0.2, 0) is 32.6 Å². The van der Waals surface area contributed by atoms with Crippen molar-refractivity contribution >= 4 is 0 Å². The quantitative estimate of drug-likeness (QED) is 0.205. The lowest BCUT2D eigenvalue weighted by Gasteiger charge is -2.34. The standard InChI is InChI=1S/C34H36N6O/c1-41-30-16-14-27(15-17-30)31-22-38-33(39-31)24-40(32-9-4-6-28-7-5-19-37-34(28)32)23-26-12-10-25(11-13-26)20-35-21-29-8-2-3-18-36-29/h2-3,5,7-8,10-19,22,32,35H,4,6,9,20-21,23-24H2,1H3,(H,38,39). The first-order valence-corrected chi connectivity index (χ1v) is 14.3. The summed E-state index contributed by atoms with van der Waals surface area (Å²) in [7, 11) is 1.68. The lowest BCUT2D eigenvalue weighted by Crippen LogP contribution is -2.31. The van der Waals surface area contributed by atoms with Gasteiger partial charge in [0.25, 0.3) is 0 Å². The van der Waals surface area contributed by atoms with Crippen LogP contribution in [0, 0.1) is 0 Å². The van der Waals surface area contributed by atoms with Crippen LogP contribution >= 0.6 is 0 Å². The number of H-pyrrole nitrogens is 1.